The smallest absolute Gasteiger partial charge is 0.266 e. The van der Waals surface area contributed by atoms with Gasteiger partial charge in [-0.2, -0.15) is 0 Å². The number of carbonyl (C=O) groups is 2. The molecule has 0 saturated carbocycles. The average molecular weight is 518 g/mol. The highest BCUT2D eigenvalue weighted by Crippen LogP contribution is 2.28. The summed E-state index contributed by atoms with van der Waals surface area (Å²) in [6, 6.07) is 21.9. The molecule has 3 aromatic carbocycles. The van der Waals surface area contributed by atoms with E-state index in [9.17, 15) is 18.0 Å². The minimum atomic E-state index is -3.41. The fourth-order valence-electron chi connectivity index (χ4n) is 3.77. The number of rotatable bonds is 8. The van der Waals surface area contributed by atoms with Gasteiger partial charge in [0.2, 0.25) is 0 Å². The van der Waals surface area contributed by atoms with Gasteiger partial charge in [-0.05, 0) is 40.8 Å². The number of amides is 1. The van der Waals surface area contributed by atoms with Crippen LogP contribution in [0.2, 0.25) is 0 Å². The Bertz CT molecular complexity index is 1570. The minimum Gasteiger partial charge on any atom is -0.384 e. The SMILES string of the molecule is CS(=O)(=O)c1ccccc1-c1ccc(C(=O)Cc2ccsc2C(=O)Nc2cccc(C(=N)N)c2)cc1. The summed E-state index contributed by atoms with van der Waals surface area (Å²) in [5.74, 6) is -0.607. The monoisotopic (exact) mass is 517 g/mol. The third-order valence-electron chi connectivity index (χ3n) is 5.54. The zero-order valence-corrected chi connectivity index (χ0v) is 20.9. The fourth-order valence-corrected chi connectivity index (χ4v) is 5.49. The Hall–Kier alpha value is -4.08. The molecule has 7 nitrogen and oxygen atoms in total. The van der Waals surface area contributed by atoms with Crippen molar-refractivity contribution in [1.29, 1.82) is 5.41 Å². The van der Waals surface area contributed by atoms with Crippen LogP contribution in [0.25, 0.3) is 11.1 Å². The van der Waals surface area contributed by atoms with E-state index in [4.69, 9.17) is 11.1 Å². The molecule has 0 fully saturated rings. The van der Waals surface area contributed by atoms with E-state index in [-0.39, 0.29) is 28.8 Å². The quantitative estimate of drug-likeness (QED) is 0.176. The van der Waals surface area contributed by atoms with Crippen LogP contribution in [0.5, 0.6) is 0 Å². The molecule has 0 saturated heterocycles. The van der Waals surface area contributed by atoms with Crippen molar-refractivity contribution in [2.75, 3.05) is 11.6 Å². The lowest BCUT2D eigenvalue weighted by Crippen LogP contribution is -2.15. The molecule has 0 aliphatic rings. The number of thiophene rings is 1. The Labute approximate surface area is 213 Å². The molecule has 9 heteroatoms. The van der Waals surface area contributed by atoms with E-state index in [1.807, 2.05) is 0 Å². The Kier molecular flexibility index (Phi) is 7.14. The highest BCUT2D eigenvalue weighted by Gasteiger charge is 2.18. The summed E-state index contributed by atoms with van der Waals surface area (Å²) in [5, 5.41) is 12.1. The molecular formula is C27H23N3O4S2. The van der Waals surface area contributed by atoms with Gasteiger partial charge in [0.15, 0.2) is 15.6 Å². The Morgan fingerprint density at radius 1 is 0.944 bits per heavy atom. The van der Waals surface area contributed by atoms with Crippen LogP contribution in [0.3, 0.4) is 0 Å². The van der Waals surface area contributed by atoms with Crippen molar-refractivity contribution in [3.63, 3.8) is 0 Å². The minimum absolute atomic E-state index is 0.0407. The van der Waals surface area contributed by atoms with Gasteiger partial charge in [-0.15, -0.1) is 11.3 Å². The van der Waals surface area contributed by atoms with Crippen LogP contribution in [0.4, 0.5) is 5.69 Å². The van der Waals surface area contributed by atoms with Crippen LogP contribution < -0.4 is 11.1 Å². The number of carbonyl (C=O) groups excluding carboxylic acids is 2. The van der Waals surface area contributed by atoms with E-state index in [1.165, 1.54) is 17.6 Å². The molecule has 0 radical (unpaired) electrons. The van der Waals surface area contributed by atoms with Crippen molar-refractivity contribution in [2.24, 2.45) is 5.73 Å². The number of nitrogens with one attached hydrogen (secondary N) is 2. The van der Waals surface area contributed by atoms with Gasteiger partial charge in [0.05, 0.1) is 9.77 Å². The summed E-state index contributed by atoms with van der Waals surface area (Å²) in [7, 11) is -3.41. The van der Waals surface area contributed by atoms with Crippen LogP contribution in [0.1, 0.15) is 31.2 Å². The first-order chi connectivity index (χ1) is 17.1. The zero-order valence-electron chi connectivity index (χ0n) is 19.3. The number of Topliss-reactive ketones (excluding diaryl/α,β-unsaturated/α-hetero) is 1. The van der Waals surface area contributed by atoms with E-state index in [0.717, 1.165) is 0 Å². The number of benzene rings is 3. The van der Waals surface area contributed by atoms with E-state index < -0.39 is 9.84 Å². The molecule has 0 spiro atoms. The number of amidine groups is 1. The number of nitrogen functional groups attached to an aromatic ring is 1. The molecule has 1 amide bonds. The van der Waals surface area contributed by atoms with Crippen LogP contribution in [0, 0.1) is 5.41 Å². The lowest BCUT2D eigenvalue weighted by Gasteiger charge is -2.09. The normalized spacial score (nSPS) is 11.1. The molecule has 4 N–H and O–H groups in total. The summed E-state index contributed by atoms with van der Waals surface area (Å²) in [6.07, 6.45) is 1.21. The molecule has 0 unspecified atom stereocenters. The van der Waals surface area contributed by atoms with Crippen molar-refractivity contribution in [2.45, 2.75) is 11.3 Å². The number of sulfone groups is 1. The van der Waals surface area contributed by atoms with Gasteiger partial charge in [-0.3, -0.25) is 15.0 Å². The van der Waals surface area contributed by atoms with E-state index in [0.29, 0.717) is 38.4 Å². The predicted molar refractivity (Wildman–Crippen MR) is 143 cm³/mol. The Balaban J connectivity index is 1.50. The van der Waals surface area contributed by atoms with Gasteiger partial charge in [-0.25, -0.2) is 8.42 Å². The van der Waals surface area contributed by atoms with Crippen molar-refractivity contribution in [3.8, 4) is 11.1 Å². The maximum Gasteiger partial charge on any atom is 0.266 e. The van der Waals surface area contributed by atoms with Crippen LogP contribution >= 0.6 is 11.3 Å². The summed E-state index contributed by atoms with van der Waals surface area (Å²) in [6.45, 7) is 0. The van der Waals surface area contributed by atoms with Gasteiger partial charge in [-0.1, -0.05) is 54.6 Å². The van der Waals surface area contributed by atoms with Crippen LogP contribution in [0.15, 0.2) is 89.1 Å². The second-order valence-corrected chi connectivity index (χ2v) is 11.1. The fraction of sp³-hybridized carbons (Fsp3) is 0.0741. The van der Waals surface area contributed by atoms with Crippen molar-refractivity contribution in [1.82, 2.24) is 0 Å². The molecule has 182 valence electrons. The summed E-state index contributed by atoms with van der Waals surface area (Å²) in [5.41, 5.74) is 8.85. The molecular weight excluding hydrogens is 494 g/mol. The average Bonchev–Trinajstić information content (AvgIpc) is 3.32. The highest BCUT2D eigenvalue weighted by molar-refractivity contribution is 7.90. The molecule has 36 heavy (non-hydrogen) atoms. The molecule has 1 heterocycles. The number of anilines is 1. The lowest BCUT2D eigenvalue weighted by molar-refractivity contribution is 0.0993. The van der Waals surface area contributed by atoms with E-state index in [1.54, 1.807) is 84.2 Å². The standard InChI is InChI=1S/C27H23N3O4S2/c1-36(33,34)24-8-3-2-7-22(24)17-9-11-18(12-10-17)23(31)16-19-13-14-35-25(19)27(32)30-21-6-4-5-20(15-21)26(28)29/h2-15H,16H2,1H3,(H3,28,29)(H,30,32). The first kappa shape index (κ1) is 25.0. The summed E-state index contributed by atoms with van der Waals surface area (Å²) >= 11 is 1.24. The molecule has 0 aliphatic carbocycles. The Morgan fingerprint density at radius 2 is 1.67 bits per heavy atom. The van der Waals surface area contributed by atoms with Gasteiger partial charge < -0.3 is 11.1 Å². The van der Waals surface area contributed by atoms with Gasteiger partial charge in [0.1, 0.15) is 5.84 Å². The molecule has 0 aliphatic heterocycles. The molecule has 0 bridgehead atoms. The number of ketones is 1. The number of nitrogens with two attached hydrogens (primary N) is 1. The molecule has 4 rings (SSSR count). The van der Waals surface area contributed by atoms with Crippen molar-refractivity contribution < 1.29 is 18.0 Å². The second kappa shape index (κ2) is 10.3. The number of hydrogen-bond donors (Lipinski definition) is 3. The molecule has 1 aromatic heterocycles. The highest BCUT2D eigenvalue weighted by atomic mass is 32.2. The third-order valence-corrected chi connectivity index (χ3v) is 7.65. The van der Waals surface area contributed by atoms with E-state index >= 15 is 0 Å². The van der Waals surface area contributed by atoms with Crippen LogP contribution in [-0.2, 0) is 16.3 Å². The van der Waals surface area contributed by atoms with Gasteiger partial charge in [0.25, 0.3) is 5.91 Å². The first-order valence-electron chi connectivity index (χ1n) is 10.9. The Morgan fingerprint density at radius 3 is 2.36 bits per heavy atom. The summed E-state index contributed by atoms with van der Waals surface area (Å²) in [4.78, 5) is 26.5. The second-order valence-electron chi connectivity index (χ2n) is 8.17. The third kappa shape index (κ3) is 5.59. The molecule has 0 atom stereocenters. The summed E-state index contributed by atoms with van der Waals surface area (Å²) < 4.78 is 24.3. The van der Waals surface area contributed by atoms with Gasteiger partial charge >= 0.3 is 0 Å². The number of hydrogen-bond acceptors (Lipinski definition) is 6. The maximum atomic E-state index is 13.0. The topological polar surface area (TPSA) is 130 Å². The largest absolute Gasteiger partial charge is 0.384 e. The van der Waals surface area contributed by atoms with Gasteiger partial charge in [0, 0.05) is 35.1 Å². The maximum absolute atomic E-state index is 13.0. The van der Waals surface area contributed by atoms with E-state index in [2.05, 4.69) is 5.32 Å². The van der Waals surface area contributed by atoms with Crippen LogP contribution in [-0.4, -0.2) is 32.2 Å². The zero-order chi connectivity index (χ0) is 25.9. The predicted octanol–water partition coefficient (Wildman–Crippen LogP) is 4.78. The first-order valence-corrected chi connectivity index (χ1v) is 13.7. The molecule has 4 aromatic rings. The van der Waals surface area contributed by atoms with Crippen molar-refractivity contribution >= 4 is 44.4 Å². The lowest BCUT2D eigenvalue weighted by atomic mass is 9.99. The van der Waals surface area contributed by atoms with Crippen molar-refractivity contribution in [3.05, 3.63) is 106 Å².